The number of carbonyl (C=O) groups is 1. The molecule has 0 aliphatic heterocycles. The van der Waals surface area contributed by atoms with Crippen molar-refractivity contribution in [2.45, 2.75) is 0 Å². The van der Waals surface area contributed by atoms with Crippen molar-refractivity contribution in [1.29, 1.82) is 5.26 Å². The fourth-order valence-corrected chi connectivity index (χ4v) is 5.97. The van der Waals surface area contributed by atoms with E-state index in [2.05, 4.69) is 21.4 Å². The van der Waals surface area contributed by atoms with Crippen LogP contribution in [0.15, 0.2) is 46.5 Å². The molecule has 0 fully saturated rings. The topological polar surface area (TPSA) is 140 Å². The predicted molar refractivity (Wildman–Crippen MR) is 139 cm³/mol. The molecule has 5 rings (SSSR count). The van der Waals surface area contributed by atoms with Crippen molar-refractivity contribution >= 4 is 66.8 Å². The number of nitrogens with two attached hydrogens (primary N) is 2. The maximum atomic E-state index is 13.1. The van der Waals surface area contributed by atoms with Crippen molar-refractivity contribution in [3.63, 3.8) is 0 Å². The number of nitrogen functional groups attached to an aromatic ring is 2. The first-order valence-electron chi connectivity index (χ1n) is 9.86. The molecule has 1 amide bonds. The highest BCUT2D eigenvalue weighted by Gasteiger charge is 2.25. The minimum atomic E-state index is -0.408. The zero-order chi connectivity index (χ0) is 23.8. The smallest absolute Gasteiger partial charge is 0.269 e. The number of ether oxygens (including phenoxy) is 1. The number of carbonyl (C=O) groups excluding carboxylic acids is 1. The van der Waals surface area contributed by atoms with E-state index in [1.54, 1.807) is 7.11 Å². The molecule has 4 heterocycles. The SMILES string of the molecule is COc1ccccc1-c1csc(NC(=O)c2sc3nc(N)c(C#N)c(-c4ccsc4)c3c2N)n1. The molecule has 0 saturated carbocycles. The maximum absolute atomic E-state index is 13.1. The molecule has 168 valence electrons. The van der Waals surface area contributed by atoms with Crippen LogP contribution in [0.5, 0.6) is 5.75 Å². The number of hydrogen-bond acceptors (Lipinski definition) is 10. The van der Waals surface area contributed by atoms with Gasteiger partial charge in [0.25, 0.3) is 5.91 Å². The first kappa shape index (κ1) is 21.8. The van der Waals surface area contributed by atoms with E-state index < -0.39 is 5.91 Å². The van der Waals surface area contributed by atoms with Gasteiger partial charge in [-0.25, -0.2) is 9.97 Å². The number of nitrogens with zero attached hydrogens (tertiary/aromatic N) is 3. The van der Waals surface area contributed by atoms with Crippen LogP contribution in [-0.4, -0.2) is 23.0 Å². The number of hydrogen-bond donors (Lipinski definition) is 3. The summed E-state index contributed by atoms with van der Waals surface area (Å²) in [6, 6.07) is 11.5. The molecule has 11 heteroatoms. The lowest BCUT2D eigenvalue weighted by Gasteiger charge is -2.07. The average molecular weight is 505 g/mol. The minimum Gasteiger partial charge on any atom is -0.496 e. The van der Waals surface area contributed by atoms with E-state index in [-0.39, 0.29) is 21.9 Å². The second-order valence-electron chi connectivity index (χ2n) is 7.09. The van der Waals surface area contributed by atoms with Crippen molar-refractivity contribution in [2.24, 2.45) is 0 Å². The molecule has 5 aromatic rings. The van der Waals surface area contributed by atoms with E-state index in [1.165, 1.54) is 22.7 Å². The summed E-state index contributed by atoms with van der Waals surface area (Å²) < 4.78 is 5.40. The molecule has 5 N–H and O–H groups in total. The van der Waals surface area contributed by atoms with Gasteiger partial charge in [0, 0.05) is 21.9 Å². The lowest BCUT2D eigenvalue weighted by atomic mass is 9.99. The number of thiophene rings is 2. The van der Waals surface area contributed by atoms with E-state index >= 15 is 0 Å². The predicted octanol–water partition coefficient (Wildman–Crippen LogP) is 5.45. The summed E-state index contributed by atoms with van der Waals surface area (Å²) in [5.41, 5.74) is 15.9. The van der Waals surface area contributed by atoms with E-state index in [1.807, 2.05) is 46.5 Å². The first-order valence-corrected chi connectivity index (χ1v) is 12.5. The van der Waals surface area contributed by atoms with Crippen LogP contribution in [0.1, 0.15) is 15.2 Å². The van der Waals surface area contributed by atoms with Gasteiger partial charge in [0.1, 0.15) is 32.9 Å². The number of benzene rings is 1. The zero-order valence-electron chi connectivity index (χ0n) is 17.7. The quantitative estimate of drug-likeness (QED) is 0.289. The Hall–Kier alpha value is -3.98. The van der Waals surface area contributed by atoms with Crippen LogP contribution in [0.4, 0.5) is 16.6 Å². The van der Waals surface area contributed by atoms with Crippen LogP contribution < -0.4 is 21.5 Å². The van der Waals surface area contributed by atoms with Gasteiger partial charge in [-0.1, -0.05) is 12.1 Å². The van der Waals surface area contributed by atoms with E-state index in [0.29, 0.717) is 32.4 Å². The van der Waals surface area contributed by atoms with Crippen LogP contribution in [0.2, 0.25) is 0 Å². The number of aromatic nitrogens is 2. The summed E-state index contributed by atoms with van der Waals surface area (Å²) in [6.45, 7) is 0. The Morgan fingerprint density at radius 3 is 2.74 bits per heavy atom. The molecule has 34 heavy (non-hydrogen) atoms. The Morgan fingerprint density at radius 2 is 2.00 bits per heavy atom. The summed E-state index contributed by atoms with van der Waals surface area (Å²) in [5, 5.41) is 19.1. The number of amides is 1. The number of methoxy groups -OCH3 is 1. The number of nitriles is 1. The number of anilines is 3. The third kappa shape index (κ3) is 3.63. The van der Waals surface area contributed by atoms with Crippen LogP contribution >= 0.6 is 34.0 Å². The summed E-state index contributed by atoms with van der Waals surface area (Å²) in [7, 11) is 1.60. The van der Waals surface area contributed by atoms with Crippen molar-refractivity contribution in [2.75, 3.05) is 23.9 Å². The third-order valence-electron chi connectivity index (χ3n) is 5.14. The lowest BCUT2D eigenvalue weighted by Crippen LogP contribution is -2.11. The summed E-state index contributed by atoms with van der Waals surface area (Å²) in [6.07, 6.45) is 0. The van der Waals surface area contributed by atoms with Gasteiger partial charge in [0.2, 0.25) is 0 Å². The van der Waals surface area contributed by atoms with Gasteiger partial charge in [0.05, 0.1) is 18.5 Å². The van der Waals surface area contributed by atoms with Gasteiger partial charge < -0.3 is 16.2 Å². The highest BCUT2D eigenvalue weighted by Crippen LogP contribution is 2.43. The summed E-state index contributed by atoms with van der Waals surface area (Å²) >= 11 is 3.91. The standard InChI is InChI=1S/C23H16N6O2S3/c1-31-15-5-3-2-4-12(15)14-10-33-23(27-14)29-21(30)19-18(25)17-16(11-6-7-32-9-11)13(8-24)20(26)28-22(17)34-19/h2-7,9-10H,25H2,1H3,(H2,26,28)(H,27,29,30). The largest absolute Gasteiger partial charge is 0.496 e. The molecular weight excluding hydrogens is 488 g/mol. The highest BCUT2D eigenvalue weighted by atomic mass is 32.1. The normalized spacial score (nSPS) is 10.8. The number of fused-ring (bicyclic) bond motifs is 1. The minimum absolute atomic E-state index is 0.103. The molecule has 0 bridgehead atoms. The third-order valence-corrected chi connectivity index (χ3v) is 7.68. The van der Waals surface area contributed by atoms with Gasteiger partial charge in [0.15, 0.2) is 5.13 Å². The Kier molecular flexibility index (Phi) is 5.62. The van der Waals surface area contributed by atoms with E-state index in [4.69, 9.17) is 16.2 Å². The molecule has 1 aromatic carbocycles. The first-order chi connectivity index (χ1) is 16.5. The Bertz CT molecular complexity index is 1580. The molecule has 4 aromatic heterocycles. The molecule has 0 unspecified atom stereocenters. The highest BCUT2D eigenvalue weighted by molar-refractivity contribution is 7.21. The lowest BCUT2D eigenvalue weighted by molar-refractivity contribution is 0.103. The molecule has 0 aliphatic rings. The van der Waals surface area contributed by atoms with Crippen LogP contribution in [0, 0.1) is 11.3 Å². The summed E-state index contributed by atoms with van der Waals surface area (Å²) in [5.74, 6) is 0.387. The van der Waals surface area contributed by atoms with Gasteiger partial charge in [-0.3, -0.25) is 10.1 Å². The zero-order valence-corrected chi connectivity index (χ0v) is 20.1. The fraction of sp³-hybridized carbons (Fsp3) is 0.0435. The van der Waals surface area contributed by atoms with Gasteiger partial charge in [-0.05, 0) is 34.5 Å². The van der Waals surface area contributed by atoms with Crippen molar-refractivity contribution in [1.82, 2.24) is 9.97 Å². The monoisotopic (exact) mass is 504 g/mol. The number of para-hydroxylation sites is 1. The van der Waals surface area contributed by atoms with Gasteiger partial charge in [-0.2, -0.15) is 16.6 Å². The second kappa shape index (κ2) is 8.75. The van der Waals surface area contributed by atoms with Crippen molar-refractivity contribution < 1.29 is 9.53 Å². The maximum Gasteiger partial charge on any atom is 0.269 e. The average Bonchev–Trinajstić information content (AvgIpc) is 3.59. The second-order valence-corrected chi connectivity index (χ2v) is 9.73. The van der Waals surface area contributed by atoms with Crippen LogP contribution in [0.3, 0.4) is 0 Å². The number of pyridine rings is 1. The molecule has 0 radical (unpaired) electrons. The van der Waals surface area contributed by atoms with Crippen LogP contribution in [-0.2, 0) is 0 Å². The van der Waals surface area contributed by atoms with Gasteiger partial charge >= 0.3 is 0 Å². The Labute approximate surface area is 206 Å². The Balaban J connectivity index is 1.53. The fourth-order valence-electron chi connectivity index (χ4n) is 3.61. The number of thiazole rings is 1. The van der Waals surface area contributed by atoms with Crippen molar-refractivity contribution in [3.8, 4) is 34.2 Å². The van der Waals surface area contributed by atoms with Gasteiger partial charge in [-0.15, -0.1) is 22.7 Å². The van der Waals surface area contributed by atoms with Crippen molar-refractivity contribution in [3.05, 3.63) is 56.9 Å². The summed E-state index contributed by atoms with van der Waals surface area (Å²) in [4.78, 5) is 22.8. The van der Waals surface area contributed by atoms with E-state index in [9.17, 15) is 10.1 Å². The van der Waals surface area contributed by atoms with E-state index in [0.717, 1.165) is 22.5 Å². The molecule has 0 atom stereocenters. The molecular formula is C23H16N6O2S3. The molecule has 0 aliphatic carbocycles. The van der Waals surface area contributed by atoms with Crippen LogP contribution in [0.25, 0.3) is 32.6 Å². The molecule has 0 saturated heterocycles. The molecule has 0 spiro atoms. The molecule has 8 nitrogen and oxygen atoms in total. The number of nitrogens with one attached hydrogen (secondary N) is 1. The Morgan fingerprint density at radius 1 is 1.18 bits per heavy atom. The number of rotatable bonds is 5.